The monoisotopic (exact) mass is 504 g/mol. The predicted octanol–water partition coefficient (Wildman–Crippen LogP) is 3.33. The fourth-order valence-corrected chi connectivity index (χ4v) is 3.49. The molecule has 0 aromatic heterocycles. The maximum Gasteiger partial charge on any atom is 0.433 e. The Labute approximate surface area is 189 Å². The van der Waals surface area contributed by atoms with Gasteiger partial charge >= 0.3 is 6.09 Å². The molecule has 1 aliphatic heterocycles. The zero-order chi connectivity index (χ0) is 19.6. The van der Waals surface area contributed by atoms with E-state index in [4.69, 9.17) is 0 Å². The molecule has 0 aliphatic carbocycles. The minimum atomic E-state index is -0.520. The molecule has 0 atom stereocenters. The van der Waals surface area contributed by atoms with Crippen LogP contribution in [0.15, 0.2) is 17.1 Å². The van der Waals surface area contributed by atoms with Crippen molar-refractivity contribution < 1.29 is 38.1 Å². The summed E-state index contributed by atoms with van der Waals surface area (Å²) in [6.07, 6.45) is 24.7. The number of unbranched alkanes of at least 4 members (excludes halogenated alkanes) is 13. The smallest absolute Gasteiger partial charge is 0.433 e. The van der Waals surface area contributed by atoms with Gasteiger partial charge in [-0.3, -0.25) is 0 Å². The van der Waals surface area contributed by atoms with E-state index in [-0.39, 0.29) is 24.0 Å². The van der Waals surface area contributed by atoms with E-state index in [1.54, 1.807) is 0 Å². The summed E-state index contributed by atoms with van der Waals surface area (Å²) >= 11 is 0. The summed E-state index contributed by atoms with van der Waals surface area (Å²) in [4.78, 5) is 15.1. The largest absolute Gasteiger partial charge is 1.00 e. The molecule has 1 amide bonds. The third-order valence-corrected chi connectivity index (χ3v) is 5.16. The summed E-state index contributed by atoms with van der Waals surface area (Å²) in [5, 5.41) is 0. The normalized spacial score (nSPS) is 14.6. The molecule has 0 aromatic rings. The van der Waals surface area contributed by atoms with Gasteiger partial charge in [0, 0.05) is 12.5 Å². The number of methoxy groups -OCH3 is 1. The van der Waals surface area contributed by atoms with Crippen molar-refractivity contribution in [2.24, 2.45) is 4.99 Å². The first kappa shape index (κ1) is 27.3. The lowest BCUT2D eigenvalue weighted by atomic mass is 10.0. The Morgan fingerprint density at radius 3 is 1.93 bits per heavy atom. The van der Waals surface area contributed by atoms with Crippen molar-refractivity contribution in [1.29, 1.82) is 0 Å². The fraction of sp³-hybridized carbons (Fsp3) is 0.783. The van der Waals surface area contributed by atoms with E-state index < -0.39 is 6.09 Å². The van der Waals surface area contributed by atoms with E-state index in [0.29, 0.717) is 6.54 Å². The molecule has 1 rings (SSSR count). The number of amides is 1. The van der Waals surface area contributed by atoms with Crippen LogP contribution < -0.4 is 24.0 Å². The lowest BCUT2D eigenvalue weighted by Gasteiger charge is -2.07. The number of carbonyl (C=O) groups is 1. The molecule has 0 unspecified atom stereocenters. The average molecular weight is 504 g/mol. The van der Waals surface area contributed by atoms with Gasteiger partial charge in [-0.25, -0.2) is 9.37 Å². The maximum absolute atomic E-state index is 11.2. The fourth-order valence-electron chi connectivity index (χ4n) is 3.49. The van der Waals surface area contributed by atoms with Crippen LogP contribution in [0.3, 0.4) is 0 Å². The predicted molar refractivity (Wildman–Crippen MR) is 115 cm³/mol. The molecule has 0 saturated carbocycles. The van der Waals surface area contributed by atoms with Crippen molar-refractivity contribution in [2.75, 3.05) is 20.2 Å². The van der Waals surface area contributed by atoms with Gasteiger partial charge < -0.3 is 28.7 Å². The van der Waals surface area contributed by atoms with Gasteiger partial charge in [-0.05, 0) is 12.5 Å². The summed E-state index contributed by atoms with van der Waals surface area (Å²) < 4.78 is 6.81. The Morgan fingerprint density at radius 1 is 0.929 bits per heavy atom. The van der Waals surface area contributed by atoms with Crippen molar-refractivity contribution in [3.63, 3.8) is 0 Å². The summed E-state index contributed by atoms with van der Waals surface area (Å²) in [6.45, 7) is 4.01. The van der Waals surface area contributed by atoms with Gasteiger partial charge in [-0.2, -0.15) is 4.99 Å². The van der Waals surface area contributed by atoms with Crippen LogP contribution in [0.5, 0.6) is 0 Å². The van der Waals surface area contributed by atoms with Gasteiger partial charge in [0.2, 0.25) is 0 Å². The molecule has 1 aliphatic rings. The van der Waals surface area contributed by atoms with E-state index in [1.807, 2.05) is 12.2 Å². The van der Waals surface area contributed by atoms with Crippen molar-refractivity contribution in [3.8, 4) is 0 Å². The number of aliphatic imine (C=N–C) groups is 1. The van der Waals surface area contributed by atoms with Crippen LogP contribution in [0.1, 0.15) is 96.8 Å². The van der Waals surface area contributed by atoms with Crippen LogP contribution in [0, 0.1) is 0 Å². The number of nitrogens with zero attached hydrogens (tertiary/aromatic N) is 2. The zero-order valence-corrected chi connectivity index (χ0v) is 20.3. The summed E-state index contributed by atoms with van der Waals surface area (Å²) in [5.74, 6) is 0. The Kier molecular flexibility index (Phi) is 19.1. The van der Waals surface area contributed by atoms with Gasteiger partial charge in [-0.1, -0.05) is 84.0 Å². The summed E-state index contributed by atoms with van der Waals surface area (Å²) in [5.41, 5.74) is 0.773. The number of allylic oxidation sites excluding steroid dienone is 1. The molecular formula is C23H41IN2O2. The second-order valence-corrected chi connectivity index (χ2v) is 7.65. The van der Waals surface area contributed by atoms with E-state index in [0.717, 1.165) is 12.3 Å². The van der Waals surface area contributed by atoms with Gasteiger partial charge in [0.25, 0.3) is 0 Å². The lowest BCUT2D eigenvalue weighted by molar-refractivity contribution is -0.508. The Morgan fingerprint density at radius 2 is 1.43 bits per heavy atom. The van der Waals surface area contributed by atoms with E-state index in [1.165, 1.54) is 97.0 Å². The molecule has 0 saturated heterocycles. The number of hydrogen-bond donors (Lipinski definition) is 0. The van der Waals surface area contributed by atoms with E-state index >= 15 is 0 Å². The molecule has 0 N–H and O–H groups in total. The first-order valence-electron chi connectivity index (χ1n) is 11.2. The molecule has 0 bridgehead atoms. The minimum Gasteiger partial charge on any atom is -1.00 e. The van der Waals surface area contributed by atoms with Gasteiger partial charge in [0.1, 0.15) is 12.3 Å². The molecule has 1 heterocycles. The molecule has 0 aromatic carbocycles. The highest BCUT2D eigenvalue weighted by Crippen LogP contribution is 2.13. The van der Waals surface area contributed by atoms with Crippen LogP contribution >= 0.6 is 0 Å². The Bertz CT molecular complexity index is 487. The summed E-state index contributed by atoms with van der Waals surface area (Å²) in [6, 6.07) is 0. The Hall–Kier alpha value is -0.720. The van der Waals surface area contributed by atoms with Crippen molar-refractivity contribution in [2.45, 2.75) is 96.8 Å². The number of hydrogen-bond acceptors (Lipinski definition) is 2. The van der Waals surface area contributed by atoms with Crippen molar-refractivity contribution >= 4 is 18.0 Å². The average Bonchev–Trinajstić information content (AvgIpc) is 2.68. The molecule has 0 fully saturated rings. The molecule has 0 radical (unpaired) electrons. The number of carbonyl (C=O) groups excluding carboxylic acids is 1. The quantitative estimate of drug-likeness (QED) is 0.195. The first-order valence-corrected chi connectivity index (χ1v) is 11.2. The molecule has 162 valence electrons. The first-order chi connectivity index (χ1) is 13.3. The van der Waals surface area contributed by atoms with Crippen molar-refractivity contribution in [3.05, 3.63) is 12.2 Å². The molecule has 4 nitrogen and oxygen atoms in total. The molecule has 0 spiro atoms. The number of ether oxygens (including phenoxy) is 1. The topological polar surface area (TPSA) is 41.7 Å². The highest BCUT2D eigenvalue weighted by atomic mass is 127. The third-order valence-electron chi connectivity index (χ3n) is 5.16. The van der Waals surface area contributed by atoms with Crippen LogP contribution in [-0.2, 0) is 4.74 Å². The van der Waals surface area contributed by atoms with Gasteiger partial charge in [0.05, 0.1) is 7.11 Å². The SMILES string of the molecule is CCCCCCCCCCCCCCCC[N+]1=CC=CC(=NC(=O)OC)C1.[I-]. The van der Waals surface area contributed by atoms with Crippen LogP contribution in [0.4, 0.5) is 4.79 Å². The second-order valence-electron chi connectivity index (χ2n) is 7.65. The minimum absolute atomic E-state index is 0. The van der Waals surface area contributed by atoms with Gasteiger partial charge in [0.15, 0.2) is 12.8 Å². The van der Waals surface area contributed by atoms with E-state index in [2.05, 4.69) is 27.4 Å². The number of rotatable bonds is 15. The summed E-state index contributed by atoms with van der Waals surface area (Å²) in [7, 11) is 1.36. The van der Waals surface area contributed by atoms with Crippen molar-refractivity contribution in [1.82, 2.24) is 0 Å². The van der Waals surface area contributed by atoms with Crippen LogP contribution in [-0.4, -0.2) is 42.8 Å². The Balaban J connectivity index is 0.00000729. The van der Waals surface area contributed by atoms with Gasteiger partial charge in [-0.15, -0.1) is 0 Å². The standard InChI is InChI=1S/C23H41N2O2.HI/c1-3-4-5-6-7-8-9-10-11-12-13-14-15-16-19-25-20-17-18-22(21-25)24-23(26)27-2;/h17-18,20H,3-16,19,21H2,1-2H3;1H/q+1;/p-1. The van der Waals surface area contributed by atoms with E-state index in [9.17, 15) is 4.79 Å². The maximum atomic E-state index is 11.2. The highest BCUT2D eigenvalue weighted by Gasteiger charge is 2.12. The number of halogens is 1. The molecule has 5 heteroatoms. The molecular weight excluding hydrogens is 463 g/mol. The highest BCUT2D eigenvalue weighted by molar-refractivity contribution is 6.04. The van der Waals surface area contributed by atoms with Crippen LogP contribution in [0.25, 0.3) is 0 Å². The zero-order valence-electron chi connectivity index (χ0n) is 18.1. The second kappa shape index (κ2) is 19.6. The van der Waals surface area contributed by atoms with Crippen LogP contribution in [0.2, 0.25) is 0 Å². The lowest BCUT2D eigenvalue weighted by Crippen LogP contribution is -3.00. The molecule has 28 heavy (non-hydrogen) atoms. The third kappa shape index (κ3) is 15.2.